The molecule has 24 heavy (non-hydrogen) atoms. The smallest absolute Gasteiger partial charge is 0.261 e. The van der Waals surface area contributed by atoms with Crippen molar-refractivity contribution in [1.82, 2.24) is 14.7 Å². The Kier molecular flexibility index (Phi) is 5.62. The fourth-order valence-corrected chi connectivity index (χ4v) is 2.73. The summed E-state index contributed by atoms with van der Waals surface area (Å²) in [5.41, 5.74) is 2.98. The molecular weight excluding hydrogens is 306 g/mol. The molecule has 1 aromatic heterocycles. The van der Waals surface area contributed by atoms with Gasteiger partial charge in [0.1, 0.15) is 5.56 Å². The number of ether oxygens (including phenoxy) is 1. The summed E-state index contributed by atoms with van der Waals surface area (Å²) < 4.78 is 6.85. The number of hydrogen-bond donors (Lipinski definition) is 1. The van der Waals surface area contributed by atoms with Gasteiger partial charge >= 0.3 is 0 Å². The fraction of sp³-hybridized carbons (Fsp3) is 0.444. The van der Waals surface area contributed by atoms with Gasteiger partial charge in [-0.05, 0) is 26.3 Å². The topological polar surface area (TPSA) is 67.6 Å². The van der Waals surface area contributed by atoms with E-state index in [9.17, 15) is 9.90 Å². The van der Waals surface area contributed by atoms with E-state index in [1.165, 1.54) is 7.11 Å². The molecule has 0 bridgehead atoms. The average Bonchev–Trinajstić information content (AvgIpc) is 2.85. The molecule has 0 aliphatic heterocycles. The summed E-state index contributed by atoms with van der Waals surface area (Å²) in [7, 11) is 3.25. The normalized spacial score (nSPS) is 12.1. The minimum Gasteiger partial charge on any atom is -0.481 e. The van der Waals surface area contributed by atoms with Crippen LogP contribution in [-0.4, -0.2) is 45.9 Å². The number of carbonyl (C=O) groups excluding carboxylic acids is 1. The highest BCUT2D eigenvalue weighted by Gasteiger charge is 2.26. The molecule has 0 aliphatic carbocycles. The number of amides is 1. The van der Waals surface area contributed by atoms with Gasteiger partial charge in [0, 0.05) is 13.6 Å². The van der Waals surface area contributed by atoms with Crippen LogP contribution in [0.25, 0.3) is 0 Å². The van der Waals surface area contributed by atoms with E-state index in [1.807, 2.05) is 38.1 Å². The van der Waals surface area contributed by atoms with Crippen LogP contribution in [0.1, 0.15) is 40.2 Å². The van der Waals surface area contributed by atoms with Crippen LogP contribution >= 0.6 is 0 Å². The van der Waals surface area contributed by atoms with Crippen molar-refractivity contribution in [3.05, 3.63) is 46.6 Å². The van der Waals surface area contributed by atoms with E-state index < -0.39 is 6.10 Å². The predicted molar refractivity (Wildman–Crippen MR) is 92.2 cm³/mol. The Morgan fingerprint density at radius 3 is 2.50 bits per heavy atom. The van der Waals surface area contributed by atoms with Crippen molar-refractivity contribution in [3.63, 3.8) is 0 Å². The standard InChI is InChI=1S/C18H25N3O3/c1-6-21(11-15(22)14-9-7-12(2)8-10-14)17(23)16-13(3)19-20(4)18(16)24-5/h7-10,15,22H,6,11H2,1-5H3. The molecule has 1 atom stereocenters. The molecule has 6 nitrogen and oxygen atoms in total. The zero-order valence-electron chi connectivity index (χ0n) is 14.9. The lowest BCUT2D eigenvalue weighted by Gasteiger charge is -2.24. The number of hydrogen-bond acceptors (Lipinski definition) is 4. The number of aliphatic hydroxyl groups is 1. The molecule has 1 heterocycles. The van der Waals surface area contributed by atoms with Crippen molar-refractivity contribution in [3.8, 4) is 5.88 Å². The van der Waals surface area contributed by atoms with Crippen molar-refractivity contribution in [2.75, 3.05) is 20.2 Å². The number of benzene rings is 1. The first-order valence-electron chi connectivity index (χ1n) is 8.00. The molecule has 0 saturated heterocycles. The Labute approximate surface area is 142 Å². The molecule has 1 amide bonds. The summed E-state index contributed by atoms with van der Waals surface area (Å²) in [6.45, 7) is 6.36. The van der Waals surface area contributed by atoms with Gasteiger partial charge in [-0.1, -0.05) is 29.8 Å². The van der Waals surface area contributed by atoms with E-state index in [4.69, 9.17) is 4.74 Å². The molecule has 2 rings (SSSR count). The number of aliphatic hydroxyl groups excluding tert-OH is 1. The van der Waals surface area contributed by atoms with Gasteiger partial charge in [-0.15, -0.1) is 0 Å². The molecule has 1 unspecified atom stereocenters. The van der Waals surface area contributed by atoms with Gasteiger partial charge in [-0.25, -0.2) is 4.68 Å². The van der Waals surface area contributed by atoms with Crippen LogP contribution in [-0.2, 0) is 7.05 Å². The Hall–Kier alpha value is -2.34. The van der Waals surface area contributed by atoms with E-state index in [2.05, 4.69) is 5.10 Å². The van der Waals surface area contributed by atoms with E-state index in [0.717, 1.165) is 11.1 Å². The Balaban J connectivity index is 2.22. The van der Waals surface area contributed by atoms with Gasteiger partial charge in [0.25, 0.3) is 5.91 Å². The Bertz CT molecular complexity index is 707. The van der Waals surface area contributed by atoms with Gasteiger partial charge in [0.05, 0.1) is 25.5 Å². The highest BCUT2D eigenvalue weighted by Crippen LogP contribution is 2.24. The van der Waals surface area contributed by atoms with Crippen LogP contribution in [0, 0.1) is 13.8 Å². The lowest BCUT2D eigenvalue weighted by Crippen LogP contribution is -2.35. The third-order valence-corrected chi connectivity index (χ3v) is 4.10. The molecule has 0 fully saturated rings. The molecule has 0 radical (unpaired) electrons. The molecule has 6 heteroatoms. The predicted octanol–water partition coefficient (Wildman–Crippen LogP) is 2.24. The van der Waals surface area contributed by atoms with E-state index in [1.54, 1.807) is 23.6 Å². The largest absolute Gasteiger partial charge is 0.481 e. The zero-order valence-corrected chi connectivity index (χ0v) is 14.9. The van der Waals surface area contributed by atoms with Crippen molar-refractivity contribution < 1.29 is 14.6 Å². The van der Waals surface area contributed by atoms with Gasteiger partial charge in [0.2, 0.25) is 5.88 Å². The number of aromatic nitrogens is 2. The molecule has 1 N–H and O–H groups in total. The van der Waals surface area contributed by atoms with E-state index in [0.29, 0.717) is 23.7 Å². The maximum atomic E-state index is 12.9. The quantitative estimate of drug-likeness (QED) is 0.881. The van der Waals surface area contributed by atoms with Crippen LogP contribution in [0.15, 0.2) is 24.3 Å². The molecule has 0 saturated carbocycles. The molecule has 130 valence electrons. The second kappa shape index (κ2) is 7.49. The summed E-state index contributed by atoms with van der Waals surface area (Å²) in [6, 6.07) is 7.67. The first-order chi connectivity index (χ1) is 11.4. The fourth-order valence-electron chi connectivity index (χ4n) is 2.73. The number of nitrogens with zero attached hydrogens (tertiary/aromatic N) is 3. The second-order valence-corrected chi connectivity index (χ2v) is 5.86. The average molecular weight is 331 g/mol. The summed E-state index contributed by atoms with van der Waals surface area (Å²) in [5.74, 6) is 0.242. The van der Waals surface area contributed by atoms with Crippen molar-refractivity contribution in [1.29, 1.82) is 0 Å². The third kappa shape index (κ3) is 3.59. The first kappa shape index (κ1) is 18.0. The van der Waals surface area contributed by atoms with Crippen molar-refractivity contribution in [2.45, 2.75) is 26.9 Å². The highest BCUT2D eigenvalue weighted by atomic mass is 16.5. The number of rotatable bonds is 6. The number of likely N-dealkylation sites (N-methyl/N-ethyl adjacent to an activating group) is 1. The molecular formula is C18H25N3O3. The maximum Gasteiger partial charge on any atom is 0.261 e. The monoisotopic (exact) mass is 331 g/mol. The van der Waals surface area contributed by atoms with E-state index in [-0.39, 0.29) is 12.5 Å². The summed E-state index contributed by atoms with van der Waals surface area (Å²) in [4.78, 5) is 14.5. The minimum absolute atomic E-state index is 0.189. The second-order valence-electron chi connectivity index (χ2n) is 5.86. The summed E-state index contributed by atoms with van der Waals surface area (Å²) in [5, 5.41) is 14.7. The number of methoxy groups -OCH3 is 1. The SMILES string of the molecule is CCN(CC(O)c1ccc(C)cc1)C(=O)c1c(C)nn(C)c1OC. The van der Waals surface area contributed by atoms with Gasteiger partial charge in [0.15, 0.2) is 0 Å². The van der Waals surface area contributed by atoms with Crippen LogP contribution < -0.4 is 4.74 Å². The van der Waals surface area contributed by atoms with Crippen LogP contribution in [0.2, 0.25) is 0 Å². The molecule has 0 spiro atoms. The van der Waals surface area contributed by atoms with Gasteiger partial charge in [-0.3, -0.25) is 4.79 Å². The van der Waals surface area contributed by atoms with Crippen molar-refractivity contribution in [2.24, 2.45) is 7.05 Å². The Morgan fingerprint density at radius 2 is 1.96 bits per heavy atom. The summed E-state index contributed by atoms with van der Waals surface area (Å²) in [6.07, 6.45) is -0.738. The first-order valence-corrected chi connectivity index (χ1v) is 8.00. The van der Waals surface area contributed by atoms with Crippen molar-refractivity contribution >= 4 is 5.91 Å². The zero-order chi connectivity index (χ0) is 17.9. The van der Waals surface area contributed by atoms with Crippen LogP contribution in [0.5, 0.6) is 5.88 Å². The van der Waals surface area contributed by atoms with Gasteiger partial charge in [-0.2, -0.15) is 5.10 Å². The minimum atomic E-state index is -0.738. The summed E-state index contributed by atoms with van der Waals surface area (Å²) >= 11 is 0. The molecule has 0 aliphatic rings. The lowest BCUT2D eigenvalue weighted by molar-refractivity contribution is 0.0631. The highest BCUT2D eigenvalue weighted by molar-refractivity contribution is 5.97. The third-order valence-electron chi connectivity index (χ3n) is 4.10. The Morgan fingerprint density at radius 1 is 1.33 bits per heavy atom. The lowest BCUT2D eigenvalue weighted by atomic mass is 10.1. The number of carbonyl (C=O) groups is 1. The van der Waals surface area contributed by atoms with Gasteiger partial charge < -0.3 is 14.7 Å². The molecule has 1 aromatic carbocycles. The number of aryl methyl sites for hydroxylation is 3. The van der Waals surface area contributed by atoms with Crippen LogP contribution in [0.4, 0.5) is 0 Å². The maximum absolute atomic E-state index is 12.9. The van der Waals surface area contributed by atoms with Crippen LogP contribution in [0.3, 0.4) is 0 Å². The van der Waals surface area contributed by atoms with E-state index >= 15 is 0 Å². The molecule has 2 aromatic rings.